The Hall–Kier alpha value is -2.01. The number of halogens is 1. The van der Waals surface area contributed by atoms with Crippen molar-refractivity contribution in [2.75, 3.05) is 5.73 Å². The predicted molar refractivity (Wildman–Crippen MR) is 81.2 cm³/mol. The zero-order valence-electron chi connectivity index (χ0n) is 10.9. The highest BCUT2D eigenvalue weighted by molar-refractivity contribution is 8.00. The molecule has 1 atom stereocenters. The van der Waals surface area contributed by atoms with E-state index < -0.39 is 4.87 Å². The summed E-state index contributed by atoms with van der Waals surface area (Å²) in [6, 6.07) is 12.2. The first-order valence-corrected chi connectivity index (χ1v) is 7.00. The van der Waals surface area contributed by atoms with Crippen LogP contribution in [0.4, 0.5) is 10.1 Å². The normalized spacial score (nSPS) is 21.2. The van der Waals surface area contributed by atoms with Gasteiger partial charge in [-0.25, -0.2) is 9.38 Å². The summed E-state index contributed by atoms with van der Waals surface area (Å²) < 4.78 is 14.1. The van der Waals surface area contributed by atoms with Crippen molar-refractivity contribution >= 4 is 23.3 Å². The van der Waals surface area contributed by atoms with Gasteiger partial charge in [0, 0.05) is 21.7 Å². The van der Waals surface area contributed by atoms with Crippen LogP contribution in [-0.4, -0.2) is 5.84 Å². The summed E-state index contributed by atoms with van der Waals surface area (Å²) in [6.45, 7) is 1.85. The van der Waals surface area contributed by atoms with Gasteiger partial charge in [0.2, 0.25) is 0 Å². The van der Waals surface area contributed by atoms with Gasteiger partial charge in [-0.15, -0.1) is 0 Å². The third-order valence-electron chi connectivity index (χ3n) is 3.30. The molecule has 2 aromatic carbocycles. The van der Waals surface area contributed by atoms with Gasteiger partial charge in [0.25, 0.3) is 0 Å². The van der Waals surface area contributed by atoms with E-state index in [-0.39, 0.29) is 5.82 Å². The van der Waals surface area contributed by atoms with Crippen LogP contribution in [-0.2, 0) is 4.87 Å². The molecular formula is C15H14FN3S. The van der Waals surface area contributed by atoms with Gasteiger partial charge in [0.05, 0.1) is 0 Å². The zero-order chi connectivity index (χ0) is 14.3. The highest BCUT2D eigenvalue weighted by Crippen LogP contribution is 2.47. The minimum absolute atomic E-state index is 0.329. The van der Waals surface area contributed by atoms with E-state index >= 15 is 0 Å². The molecule has 3 rings (SSSR count). The van der Waals surface area contributed by atoms with Crippen molar-refractivity contribution < 1.29 is 4.39 Å². The quantitative estimate of drug-likeness (QED) is 0.792. The van der Waals surface area contributed by atoms with Gasteiger partial charge in [-0.1, -0.05) is 30.0 Å². The van der Waals surface area contributed by atoms with E-state index in [4.69, 9.17) is 11.5 Å². The number of hydrogen-bond donors (Lipinski definition) is 2. The van der Waals surface area contributed by atoms with Crippen LogP contribution >= 0.6 is 11.8 Å². The fourth-order valence-corrected chi connectivity index (χ4v) is 3.58. The van der Waals surface area contributed by atoms with E-state index in [1.54, 1.807) is 6.07 Å². The second-order valence-corrected chi connectivity index (χ2v) is 6.26. The first-order chi connectivity index (χ1) is 9.49. The number of hydrogen-bond acceptors (Lipinski definition) is 4. The van der Waals surface area contributed by atoms with E-state index in [2.05, 4.69) is 4.99 Å². The Morgan fingerprint density at radius 3 is 2.70 bits per heavy atom. The van der Waals surface area contributed by atoms with Crippen molar-refractivity contribution in [1.82, 2.24) is 0 Å². The predicted octanol–water partition coefficient (Wildman–Crippen LogP) is 3.09. The zero-order valence-corrected chi connectivity index (χ0v) is 11.7. The second-order valence-electron chi connectivity index (χ2n) is 4.82. The Morgan fingerprint density at radius 2 is 1.90 bits per heavy atom. The summed E-state index contributed by atoms with van der Waals surface area (Å²) in [5.74, 6) is 0.0915. The Kier molecular flexibility index (Phi) is 2.94. The van der Waals surface area contributed by atoms with Gasteiger partial charge in [-0.2, -0.15) is 0 Å². The van der Waals surface area contributed by atoms with E-state index in [0.29, 0.717) is 17.1 Å². The fraction of sp³-hybridized carbons (Fsp3) is 0.133. The monoisotopic (exact) mass is 287 g/mol. The molecule has 0 fully saturated rings. The molecule has 0 radical (unpaired) electrons. The van der Waals surface area contributed by atoms with Crippen molar-refractivity contribution in [2.45, 2.75) is 16.7 Å². The average molecular weight is 287 g/mol. The molecule has 5 heteroatoms. The number of anilines is 1. The summed E-state index contributed by atoms with van der Waals surface area (Å²) in [7, 11) is 0. The Morgan fingerprint density at radius 1 is 1.15 bits per heavy atom. The van der Waals surface area contributed by atoms with Gasteiger partial charge in [-0.05, 0) is 31.2 Å². The van der Waals surface area contributed by atoms with Crippen molar-refractivity contribution in [3.8, 4) is 0 Å². The second kappa shape index (κ2) is 4.52. The number of rotatable bonds is 1. The van der Waals surface area contributed by atoms with Crippen molar-refractivity contribution in [2.24, 2.45) is 10.7 Å². The number of nitrogens with zero attached hydrogens (tertiary/aromatic N) is 1. The molecule has 1 unspecified atom stereocenters. The number of benzene rings is 2. The number of nitrogens with two attached hydrogens (primary N) is 2. The molecule has 0 aliphatic carbocycles. The minimum atomic E-state index is -0.808. The van der Waals surface area contributed by atoms with Gasteiger partial charge >= 0.3 is 0 Å². The van der Waals surface area contributed by atoms with E-state index in [0.717, 1.165) is 10.5 Å². The maximum atomic E-state index is 14.1. The molecule has 4 N–H and O–H groups in total. The van der Waals surface area contributed by atoms with Crippen molar-refractivity contribution in [3.63, 3.8) is 0 Å². The molecule has 0 bridgehead atoms. The molecule has 0 aromatic heterocycles. The van der Waals surface area contributed by atoms with Gasteiger partial charge < -0.3 is 11.5 Å². The Labute approximate surface area is 120 Å². The lowest BCUT2D eigenvalue weighted by Gasteiger charge is -2.31. The van der Waals surface area contributed by atoms with Crippen LogP contribution in [0.2, 0.25) is 0 Å². The number of aliphatic imine (C=N–C) groups is 1. The highest BCUT2D eigenvalue weighted by Gasteiger charge is 2.35. The summed E-state index contributed by atoms with van der Waals surface area (Å²) in [6.07, 6.45) is 0. The van der Waals surface area contributed by atoms with Crippen LogP contribution in [0.1, 0.15) is 18.1 Å². The molecule has 1 heterocycles. The molecule has 1 aliphatic heterocycles. The standard InChI is InChI=1S/C15H14FN3S/c1-15(11-8-9(17)6-7-12(11)16)19-14(18)10-4-2-3-5-13(10)20-15/h2-8H,17H2,1H3,(H2,18,19). The highest BCUT2D eigenvalue weighted by atomic mass is 32.2. The molecule has 20 heavy (non-hydrogen) atoms. The summed E-state index contributed by atoms with van der Waals surface area (Å²) in [5, 5.41) is 0. The molecule has 1 aliphatic rings. The maximum Gasteiger partial charge on any atom is 0.138 e. The van der Waals surface area contributed by atoms with Gasteiger partial charge in [0.1, 0.15) is 16.5 Å². The average Bonchev–Trinajstić information content (AvgIpc) is 2.41. The third kappa shape index (κ3) is 2.04. The number of thioether (sulfide) groups is 1. The molecular weight excluding hydrogens is 273 g/mol. The van der Waals surface area contributed by atoms with Gasteiger partial charge in [-0.3, -0.25) is 0 Å². The third-order valence-corrected chi connectivity index (χ3v) is 4.58. The van der Waals surface area contributed by atoms with Gasteiger partial charge in [0.15, 0.2) is 0 Å². The minimum Gasteiger partial charge on any atom is -0.399 e. The lowest BCUT2D eigenvalue weighted by atomic mass is 10.1. The van der Waals surface area contributed by atoms with E-state index in [1.807, 2.05) is 31.2 Å². The maximum absolute atomic E-state index is 14.1. The molecule has 0 spiro atoms. The summed E-state index contributed by atoms with van der Waals surface area (Å²) >= 11 is 1.48. The number of fused-ring (bicyclic) bond motifs is 1. The molecule has 0 amide bonds. The molecule has 102 valence electrons. The molecule has 2 aromatic rings. The van der Waals surface area contributed by atoms with E-state index in [1.165, 1.54) is 23.9 Å². The first kappa shape index (κ1) is 13.0. The topological polar surface area (TPSA) is 64.4 Å². The Balaban J connectivity index is 2.16. The first-order valence-electron chi connectivity index (χ1n) is 6.19. The van der Waals surface area contributed by atoms with Crippen LogP contribution < -0.4 is 11.5 Å². The van der Waals surface area contributed by atoms with Crippen LogP contribution in [0, 0.1) is 5.82 Å². The van der Waals surface area contributed by atoms with Crippen LogP contribution in [0.25, 0.3) is 0 Å². The van der Waals surface area contributed by atoms with Crippen LogP contribution in [0.5, 0.6) is 0 Å². The lowest BCUT2D eigenvalue weighted by Crippen LogP contribution is -2.28. The van der Waals surface area contributed by atoms with Crippen LogP contribution in [0.15, 0.2) is 52.4 Å². The fourth-order valence-electron chi connectivity index (χ4n) is 2.31. The number of nitrogen functional groups attached to an aromatic ring is 1. The lowest BCUT2D eigenvalue weighted by molar-refractivity contribution is 0.579. The summed E-state index contributed by atoms with van der Waals surface area (Å²) in [4.78, 5) is 4.67. The van der Waals surface area contributed by atoms with Crippen molar-refractivity contribution in [3.05, 3.63) is 59.4 Å². The van der Waals surface area contributed by atoms with Crippen molar-refractivity contribution in [1.29, 1.82) is 0 Å². The number of amidine groups is 1. The molecule has 0 saturated carbocycles. The summed E-state index contributed by atoms with van der Waals surface area (Å²) in [5.41, 5.74) is 13.6. The van der Waals surface area contributed by atoms with E-state index in [9.17, 15) is 4.39 Å². The molecule has 3 nitrogen and oxygen atoms in total. The largest absolute Gasteiger partial charge is 0.399 e. The SMILES string of the molecule is CC1(c2cc(N)ccc2F)N=C(N)c2ccccc2S1. The Bertz CT molecular complexity index is 714. The molecule has 0 saturated heterocycles. The smallest absolute Gasteiger partial charge is 0.138 e. The van der Waals surface area contributed by atoms with Crippen LogP contribution in [0.3, 0.4) is 0 Å².